The topological polar surface area (TPSA) is 50.7 Å². The Kier molecular flexibility index (Phi) is 4.54. The van der Waals surface area contributed by atoms with Crippen molar-refractivity contribution in [3.05, 3.63) is 98.8 Å². The molecular formula is C23H16ClN3OS. The van der Waals surface area contributed by atoms with Crippen molar-refractivity contribution in [3.63, 3.8) is 0 Å². The molecule has 1 aromatic carbocycles. The van der Waals surface area contributed by atoms with E-state index in [2.05, 4.69) is 32.9 Å². The molecule has 0 atom stereocenters. The maximum atomic E-state index is 12.7. The first-order chi connectivity index (χ1) is 14.2. The highest BCUT2D eigenvalue weighted by Crippen LogP contribution is 2.31. The minimum absolute atomic E-state index is 0.0567. The first-order valence-corrected chi connectivity index (χ1v) is 10.4. The molecule has 5 rings (SSSR count). The lowest BCUT2D eigenvalue weighted by Crippen LogP contribution is -2.19. The van der Waals surface area contributed by atoms with E-state index in [1.54, 1.807) is 22.0 Å². The fourth-order valence-electron chi connectivity index (χ4n) is 3.47. The van der Waals surface area contributed by atoms with Crippen molar-refractivity contribution in [1.82, 2.24) is 14.5 Å². The number of hydrogen-bond donors (Lipinski definition) is 1. The quantitative estimate of drug-likeness (QED) is 0.400. The molecule has 0 aliphatic rings. The normalized spacial score (nSPS) is 11.2. The van der Waals surface area contributed by atoms with E-state index >= 15 is 0 Å². The number of halogens is 1. The Morgan fingerprint density at radius 2 is 2.00 bits per heavy atom. The van der Waals surface area contributed by atoms with E-state index in [0.717, 1.165) is 38.9 Å². The average molecular weight is 418 g/mol. The van der Waals surface area contributed by atoms with Gasteiger partial charge in [-0.05, 0) is 57.8 Å². The molecule has 0 aliphatic carbocycles. The second-order valence-corrected chi connectivity index (χ2v) is 8.06. The molecule has 0 fully saturated rings. The number of thiophene rings is 1. The molecule has 29 heavy (non-hydrogen) atoms. The van der Waals surface area contributed by atoms with Crippen LogP contribution in [-0.4, -0.2) is 14.5 Å². The average Bonchev–Trinajstić information content (AvgIpc) is 3.39. The second-order valence-electron chi connectivity index (χ2n) is 6.85. The predicted octanol–water partition coefficient (Wildman–Crippen LogP) is 5.82. The monoisotopic (exact) mass is 417 g/mol. The van der Waals surface area contributed by atoms with Crippen molar-refractivity contribution < 1.29 is 0 Å². The summed E-state index contributed by atoms with van der Waals surface area (Å²) < 4.78 is 1.68. The van der Waals surface area contributed by atoms with Crippen molar-refractivity contribution in [3.8, 4) is 22.3 Å². The molecule has 0 aliphatic heterocycles. The highest BCUT2D eigenvalue weighted by molar-refractivity contribution is 7.08. The van der Waals surface area contributed by atoms with Crippen molar-refractivity contribution in [2.24, 2.45) is 0 Å². The Hall–Kier alpha value is -3.15. The maximum absolute atomic E-state index is 12.7. The van der Waals surface area contributed by atoms with Gasteiger partial charge in [-0.2, -0.15) is 11.3 Å². The van der Waals surface area contributed by atoms with Crippen molar-refractivity contribution in [1.29, 1.82) is 0 Å². The van der Waals surface area contributed by atoms with Gasteiger partial charge in [-0.1, -0.05) is 23.7 Å². The molecule has 0 saturated carbocycles. The summed E-state index contributed by atoms with van der Waals surface area (Å²) in [5.41, 5.74) is 5.79. The minimum atomic E-state index is -0.0567. The van der Waals surface area contributed by atoms with Gasteiger partial charge < -0.3 is 9.55 Å². The maximum Gasteiger partial charge on any atom is 0.251 e. The number of nitrogens with zero attached hydrogens (tertiary/aromatic N) is 2. The third kappa shape index (κ3) is 3.50. The molecule has 4 heterocycles. The molecule has 4 aromatic heterocycles. The third-order valence-electron chi connectivity index (χ3n) is 4.93. The van der Waals surface area contributed by atoms with Crippen molar-refractivity contribution >= 4 is 34.0 Å². The summed E-state index contributed by atoms with van der Waals surface area (Å²) in [6, 6.07) is 15.4. The van der Waals surface area contributed by atoms with E-state index in [1.165, 1.54) is 0 Å². The fraction of sp³-hybridized carbons (Fsp3) is 0.0435. The second kappa shape index (κ2) is 7.35. The van der Waals surface area contributed by atoms with Gasteiger partial charge in [0, 0.05) is 46.2 Å². The van der Waals surface area contributed by atoms with E-state index in [0.29, 0.717) is 11.6 Å². The van der Waals surface area contributed by atoms with E-state index in [9.17, 15) is 4.79 Å². The molecule has 0 spiro atoms. The zero-order chi connectivity index (χ0) is 19.8. The SMILES string of the molecule is O=c1cc(-c2c[nH]c3ncc(-c4ccsc4)cc23)ccn1Cc1cccc(Cl)c1. The molecule has 0 unspecified atom stereocenters. The van der Waals surface area contributed by atoms with Crippen LogP contribution in [0, 0.1) is 0 Å². The van der Waals surface area contributed by atoms with Crippen LogP contribution >= 0.6 is 22.9 Å². The smallest absolute Gasteiger partial charge is 0.251 e. The van der Waals surface area contributed by atoms with Gasteiger partial charge in [-0.25, -0.2) is 4.98 Å². The summed E-state index contributed by atoms with van der Waals surface area (Å²) in [5, 5.41) is 5.82. The van der Waals surface area contributed by atoms with Gasteiger partial charge in [0.1, 0.15) is 5.65 Å². The van der Waals surface area contributed by atoms with Crippen molar-refractivity contribution in [2.45, 2.75) is 6.54 Å². The number of aromatic nitrogens is 3. The Labute approximate surface area is 176 Å². The van der Waals surface area contributed by atoms with E-state index in [-0.39, 0.29) is 5.56 Å². The van der Waals surface area contributed by atoms with Crippen LogP contribution < -0.4 is 5.56 Å². The van der Waals surface area contributed by atoms with Gasteiger partial charge in [0.15, 0.2) is 0 Å². The summed E-state index contributed by atoms with van der Waals surface area (Å²) in [4.78, 5) is 20.5. The molecular weight excluding hydrogens is 402 g/mol. The predicted molar refractivity (Wildman–Crippen MR) is 120 cm³/mol. The first kappa shape index (κ1) is 17.9. The van der Waals surface area contributed by atoms with Crippen molar-refractivity contribution in [2.75, 3.05) is 0 Å². The third-order valence-corrected chi connectivity index (χ3v) is 5.85. The first-order valence-electron chi connectivity index (χ1n) is 9.12. The van der Waals surface area contributed by atoms with Crippen LogP contribution in [0.3, 0.4) is 0 Å². The van der Waals surface area contributed by atoms with Crippen LogP contribution in [0.5, 0.6) is 0 Å². The van der Waals surface area contributed by atoms with Crippen LogP contribution in [0.4, 0.5) is 0 Å². The fourth-order valence-corrected chi connectivity index (χ4v) is 4.34. The standard InChI is InChI=1S/C23H16ClN3OS/c24-19-3-1-2-15(8-19)13-27-6-4-16(10-22(27)28)21-12-26-23-20(21)9-18(11-25-23)17-5-7-29-14-17/h1-12,14H,13H2,(H,25,26). The van der Waals surface area contributed by atoms with Gasteiger partial charge in [-0.15, -0.1) is 0 Å². The van der Waals surface area contributed by atoms with Crippen LogP contribution in [-0.2, 0) is 6.54 Å². The Morgan fingerprint density at radius 1 is 1.07 bits per heavy atom. The van der Waals surface area contributed by atoms with Crippen LogP contribution in [0.1, 0.15) is 5.56 Å². The number of nitrogens with one attached hydrogen (secondary N) is 1. The summed E-state index contributed by atoms with van der Waals surface area (Å²) in [7, 11) is 0. The van der Waals surface area contributed by atoms with Crippen LogP contribution in [0.15, 0.2) is 82.7 Å². The Bertz CT molecular complexity index is 1370. The van der Waals surface area contributed by atoms with Gasteiger partial charge in [0.05, 0.1) is 6.54 Å². The lowest BCUT2D eigenvalue weighted by Gasteiger charge is -2.08. The molecule has 5 aromatic rings. The van der Waals surface area contributed by atoms with E-state index in [1.807, 2.05) is 48.9 Å². The lowest BCUT2D eigenvalue weighted by molar-refractivity contribution is 0.760. The molecule has 6 heteroatoms. The summed E-state index contributed by atoms with van der Waals surface area (Å²) in [6.07, 6.45) is 5.60. The highest BCUT2D eigenvalue weighted by atomic mass is 35.5. The highest BCUT2D eigenvalue weighted by Gasteiger charge is 2.11. The number of rotatable bonds is 4. The molecule has 0 bridgehead atoms. The number of fused-ring (bicyclic) bond motifs is 1. The summed E-state index contributed by atoms with van der Waals surface area (Å²) in [6.45, 7) is 0.484. The number of aromatic amines is 1. The summed E-state index contributed by atoms with van der Waals surface area (Å²) in [5.74, 6) is 0. The molecule has 0 saturated heterocycles. The number of benzene rings is 1. The van der Waals surface area contributed by atoms with E-state index < -0.39 is 0 Å². The molecule has 1 N–H and O–H groups in total. The summed E-state index contributed by atoms with van der Waals surface area (Å²) >= 11 is 7.71. The van der Waals surface area contributed by atoms with Gasteiger partial charge in [0.25, 0.3) is 5.56 Å². The molecule has 0 amide bonds. The zero-order valence-electron chi connectivity index (χ0n) is 15.3. The van der Waals surface area contributed by atoms with Gasteiger partial charge >= 0.3 is 0 Å². The minimum Gasteiger partial charge on any atom is -0.346 e. The van der Waals surface area contributed by atoms with Gasteiger partial charge in [-0.3, -0.25) is 4.79 Å². The number of H-pyrrole nitrogens is 1. The van der Waals surface area contributed by atoms with Gasteiger partial charge in [0.2, 0.25) is 0 Å². The van der Waals surface area contributed by atoms with Crippen LogP contribution in [0.25, 0.3) is 33.3 Å². The Morgan fingerprint density at radius 3 is 2.79 bits per heavy atom. The zero-order valence-corrected chi connectivity index (χ0v) is 16.9. The number of hydrogen-bond acceptors (Lipinski definition) is 3. The molecule has 0 radical (unpaired) electrons. The Balaban J connectivity index is 1.52. The number of pyridine rings is 2. The van der Waals surface area contributed by atoms with E-state index in [4.69, 9.17) is 11.6 Å². The largest absolute Gasteiger partial charge is 0.346 e. The molecule has 142 valence electrons. The lowest BCUT2D eigenvalue weighted by atomic mass is 10.0. The van der Waals surface area contributed by atoms with Crippen LogP contribution in [0.2, 0.25) is 5.02 Å². The molecule has 4 nitrogen and oxygen atoms in total.